The van der Waals surface area contributed by atoms with Crippen molar-refractivity contribution in [2.75, 3.05) is 6.54 Å². The number of amides is 1. The summed E-state index contributed by atoms with van der Waals surface area (Å²) in [5.41, 5.74) is 0. The van der Waals surface area contributed by atoms with Crippen molar-refractivity contribution in [3.63, 3.8) is 0 Å². The lowest BCUT2D eigenvalue weighted by Crippen LogP contribution is -2.48. The molecule has 92 valence electrons. The van der Waals surface area contributed by atoms with E-state index in [0.29, 0.717) is 24.4 Å². The molecule has 2 fully saturated rings. The van der Waals surface area contributed by atoms with Crippen molar-refractivity contribution in [1.29, 1.82) is 0 Å². The predicted molar refractivity (Wildman–Crippen MR) is 64.9 cm³/mol. The maximum atomic E-state index is 11.9. The van der Waals surface area contributed by atoms with Gasteiger partial charge in [0, 0.05) is 6.04 Å². The van der Waals surface area contributed by atoms with E-state index in [9.17, 15) is 4.79 Å². The number of rotatable bonds is 4. The van der Waals surface area contributed by atoms with Crippen molar-refractivity contribution >= 4 is 5.91 Å². The van der Waals surface area contributed by atoms with Crippen LogP contribution in [0.5, 0.6) is 0 Å². The van der Waals surface area contributed by atoms with Crippen LogP contribution in [0.3, 0.4) is 0 Å². The molecule has 2 unspecified atom stereocenters. The molecular formula is C13H24N2O. The van der Waals surface area contributed by atoms with Gasteiger partial charge >= 0.3 is 0 Å². The third kappa shape index (κ3) is 2.24. The molecule has 0 spiro atoms. The summed E-state index contributed by atoms with van der Waals surface area (Å²) in [6, 6.07) is 0.431. The molecule has 2 aliphatic rings. The number of hydrogen-bond donors (Lipinski definition) is 1. The van der Waals surface area contributed by atoms with Gasteiger partial charge in [-0.15, -0.1) is 0 Å². The molecule has 3 heteroatoms. The van der Waals surface area contributed by atoms with Crippen LogP contribution in [0.2, 0.25) is 0 Å². The second kappa shape index (κ2) is 4.74. The minimum absolute atomic E-state index is 0.281. The van der Waals surface area contributed by atoms with Crippen LogP contribution in [0.1, 0.15) is 46.5 Å². The Bertz CT molecular complexity index is 261. The van der Waals surface area contributed by atoms with E-state index in [1.54, 1.807) is 0 Å². The zero-order valence-corrected chi connectivity index (χ0v) is 10.7. The third-order valence-corrected chi connectivity index (χ3v) is 4.08. The summed E-state index contributed by atoms with van der Waals surface area (Å²) in [7, 11) is 0. The Labute approximate surface area is 98.6 Å². The molecule has 1 heterocycles. The van der Waals surface area contributed by atoms with E-state index in [4.69, 9.17) is 0 Å². The highest BCUT2D eigenvalue weighted by molar-refractivity contribution is 5.81. The molecule has 0 aromatic rings. The van der Waals surface area contributed by atoms with Crippen LogP contribution in [0.15, 0.2) is 0 Å². The average Bonchev–Trinajstić information content (AvgIpc) is 2.42. The fourth-order valence-corrected chi connectivity index (χ4v) is 2.87. The van der Waals surface area contributed by atoms with Gasteiger partial charge in [-0.2, -0.15) is 0 Å². The molecule has 3 nitrogen and oxygen atoms in total. The van der Waals surface area contributed by atoms with Crippen LogP contribution in [-0.2, 0) is 4.79 Å². The van der Waals surface area contributed by atoms with Crippen LogP contribution >= 0.6 is 0 Å². The Morgan fingerprint density at radius 3 is 2.56 bits per heavy atom. The lowest BCUT2D eigenvalue weighted by atomic mass is 9.79. The van der Waals surface area contributed by atoms with Gasteiger partial charge in [0.1, 0.15) is 0 Å². The van der Waals surface area contributed by atoms with E-state index in [-0.39, 0.29) is 6.17 Å². The van der Waals surface area contributed by atoms with Crippen molar-refractivity contribution < 1.29 is 4.79 Å². The van der Waals surface area contributed by atoms with Crippen molar-refractivity contribution in [3.05, 3.63) is 0 Å². The fourth-order valence-electron chi connectivity index (χ4n) is 2.87. The summed E-state index contributed by atoms with van der Waals surface area (Å²) in [5.74, 6) is 1.68. The van der Waals surface area contributed by atoms with Gasteiger partial charge in [-0.25, -0.2) is 0 Å². The van der Waals surface area contributed by atoms with E-state index in [2.05, 4.69) is 31.0 Å². The minimum Gasteiger partial charge on any atom is -0.323 e. The SMILES string of the molecule is CC(C)CC1NCC(=O)N1C(C)C1CCC1. The molecule has 1 saturated carbocycles. The van der Waals surface area contributed by atoms with E-state index in [0.717, 1.165) is 12.3 Å². The highest BCUT2D eigenvalue weighted by Gasteiger charge is 2.38. The maximum Gasteiger partial charge on any atom is 0.238 e. The van der Waals surface area contributed by atoms with Crippen molar-refractivity contribution in [2.24, 2.45) is 11.8 Å². The number of hydrogen-bond acceptors (Lipinski definition) is 2. The monoisotopic (exact) mass is 224 g/mol. The second-order valence-corrected chi connectivity index (χ2v) is 5.76. The van der Waals surface area contributed by atoms with Gasteiger partial charge in [0.15, 0.2) is 0 Å². The van der Waals surface area contributed by atoms with Crippen molar-refractivity contribution in [2.45, 2.75) is 58.7 Å². The van der Waals surface area contributed by atoms with Gasteiger partial charge in [-0.3, -0.25) is 10.1 Å². The third-order valence-electron chi connectivity index (χ3n) is 4.08. The smallest absolute Gasteiger partial charge is 0.238 e. The quantitative estimate of drug-likeness (QED) is 0.792. The molecule has 2 rings (SSSR count). The minimum atomic E-state index is 0.281. The number of nitrogens with one attached hydrogen (secondary N) is 1. The molecular weight excluding hydrogens is 200 g/mol. The van der Waals surface area contributed by atoms with Gasteiger partial charge in [-0.1, -0.05) is 20.3 Å². The van der Waals surface area contributed by atoms with Crippen molar-refractivity contribution in [3.8, 4) is 0 Å². The Morgan fingerprint density at radius 1 is 1.38 bits per heavy atom. The zero-order chi connectivity index (χ0) is 11.7. The molecule has 16 heavy (non-hydrogen) atoms. The van der Waals surface area contributed by atoms with Crippen LogP contribution < -0.4 is 5.32 Å². The Hall–Kier alpha value is -0.570. The van der Waals surface area contributed by atoms with Crippen LogP contribution in [0.25, 0.3) is 0 Å². The van der Waals surface area contributed by atoms with Gasteiger partial charge in [0.2, 0.25) is 5.91 Å². The van der Waals surface area contributed by atoms with Gasteiger partial charge < -0.3 is 4.90 Å². The average molecular weight is 224 g/mol. The lowest BCUT2D eigenvalue weighted by Gasteiger charge is -2.40. The Morgan fingerprint density at radius 2 is 2.06 bits per heavy atom. The highest BCUT2D eigenvalue weighted by atomic mass is 16.2. The second-order valence-electron chi connectivity index (χ2n) is 5.76. The Kier molecular flexibility index (Phi) is 3.53. The normalized spacial score (nSPS) is 28.6. The first-order chi connectivity index (χ1) is 7.59. The van der Waals surface area contributed by atoms with E-state index < -0.39 is 0 Å². The molecule has 0 aromatic carbocycles. The number of carbonyl (C=O) groups excluding carboxylic acids is 1. The molecule has 0 aromatic heterocycles. The molecule has 0 radical (unpaired) electrons. The fraction of sp³-hybridized carbons (Fsp3) is 0.923. The zero-order valence-electron chi connectivity index (χ0n) is 10.7. The summed E-state index contributed by atoms with van der Waals surface area (Å²) < 4.78 is 0. The standard InChI is InChI=1S/C13H24N2O/c1-9(2)7-12-14-8-13(16)15(12)10(3)11-5-4-6-11/h9-12,14H,4-8H2,1-3H3. The molecule has 1 aliphatic heterocycles. The predicted octanol–water partition coefficient (Wildman–Crippen LogP) is 1.98. The molecule has 1 amide bonds. The molecule has 0 bridgehead atoms. The van der Waals surface area contributed by atoms with Crippen LogP contribution in [-0.4, -0.2) is 29.6 Å². The molecule has 1 saturated heterocycles. The van der Waals surface area contributed by atoms with Crippen molar-refractivity contribution in [1.82, 2.24) is 10.2 Å². The van der Waals surface area contributed by atoms with Crippen LogP contribution in [0, 0.1) is 11.8 Å². The summed E-state index contributed by atoms with van der Waals surface area (Å²) in [5, 5.41) is 3.35. The first-order valence-electron chi connectivity index (χ1n) is 6.64. The Balaban J connectivity index is 1.99. The summed E-state index contributed by atoms with van der Waals surface area (Å²) in [6.07, 6.45) is 5.31. The van der Waals surface area contributed by atoms with E-state index in [1.165, 1.54) is 19.3 Å². The first-order valence-corrected chi connectivity index (χ1v) is 6.64. The number of nitrogens with zero attached hydrogens (tertiary/aromatic N) is 1. The summed E-state index contributed by atoms with van der Waals surface area (Å²) in [4.78, 5) is 14.0. The van der Waals surface area contributed by atoms with E-state index >= 15 is 0 Å². The summed E-state index contributed by atoms with van der Waals surface area (Å²) in [6.45, 7) is 7.20. The molecule has 1 N–H and O–H groups in total. The van der Waals surface area contributed by atoms with E-state index in [1.807, 2.05) is 0 Å². The van der Waals surface area contributed by atoms with Gasteiger partial charge in [0.25, 0.3) is 0 Å². The number of carbonyl (C=O) groups is 1. The molecule has 1 aliphatic carbocycles. The largest absolute Gasteiger partial charge is 0.323 e. The highest BCUT2D eigenvalue weighted by Crippen LogP contribution is 2.34. The van der Waals surface area contributed by atoms with Crippen LogP contribution in [0.4, 0.5) is 0 Å². The van der Waals surface area contributed by atoms with Gasteiger partial charge in [0.05, 0.1) is 12.7 Å². The maximum absolute atomic E-state index is 11.9. The first kappa shape index (κ1) is 11.9. The lowest BCUT2D eigenvalue weighted by molar-refractivity contribution is -0.132. The molecule has 2 atom stereocenters. The summed E-state index contributed by atoms with van der Waals surface area (Å²) >= 11 is 0. The topological polar surface area (TPSA) is 32.3 Å². The van der Waals surface area contributed by atoms with Gasteiger partial charge in [-0.05, 0) is 38.0 Å².